The van der Waals surface area contributed by atoms with E-state index in [-0.39, 0.29) is 22.6 Å². The first kappa shape index (κ1) is 16.1. The van der Waals surface area contributed by atoms with Crippen LogP contribution in [0.5, 0.6) is 11.5 Å². The van der Waals surface area contributed by atoms with Gasteiger partial charge in [-0.3, -0.25) is 0 Å². The number of carbonyl (C=O) groups is 1. The van der Waals surface area contributed by atoms with Crippen molar-refractivity contribution in [2.24, 2.45) is 0 Å². The molecule has 0 saturated heterocycles. The van der Waals surface area contributed by atoms with Gasteiger partial charge in [-0.25, -0.2) is 4.79 Å². The number of benzene rings is 1. The number of allylic oxidation sites excluding steroid dienone is 1. The Labute approximate surface area is 119 Å². The molecular formula is C16H22O4. The summed E-state index contributed by atoms with van der Waals surface area (Å²) in [6, 6.07) is 3.89. The molecule has 0 aliphatic rings. The van der Waals surface area contributed by atoms with Crippen molar-refractivity contribution in [3.8, 4) is 11.5 Å². The van der Waals surface area contributed by atoms with Crippen molar-refractivity contribution in [2.45, 2.75) is 45.4 Å². The van der Waals surface area contributed by atoms with Gasteiger partial charge in [0.15, 0.2) is 0 Å². The molecule has 0 fully saturated rings. The lowest BCUT2D eigenvalue weighted by Gasteiger charge is -2.06. The van der Waals surface area contributed by atoms with Crippen LogP contribution >= 0.6 is 0 Å². The van der Waals surface area contributed by atoms with Crippen molar-refractivity contribution < 1.29 is 20.1 Å². The predicted molar refractivity (Wildman–Crippen MR) is 78.8 cm³/mol. The minimum atomic E-state index is -1.10. The zero-order valence-electron chi connectivity index (χ0n) is 11.8. The molecule has 0 amide bonds. The molecule has 4 heteroatoms. The first-order chi connectivity index (χ1) is 9.56. The third kappa shape index (κ3) is 4.96. The number of rotatable bonds is 8. The van der Waals surface area contributed by atoms with E-state index in [0.717, 1.165) is 19.3 Å². The van der Waals surface area contributed by atoms with Gasteiger partial charge in [0.05, 0.1) is 5.57 Å². The van der Waals surface area contributed by atoms with Crippen molar-refractivity contribution in [1.29, 1.82) is 0 Å². The van der Waals surface area contributed by atoms with Crippen molar-refractivity contribution in [3.63, 3.8) is 0 Å². The number of phenols is 2. The molecule has 1 aromatic carbocycles. The molecular weight excluding hydrogens is 256 g/mol. The van der Waals surface area contributed by atoms with Gasteiger partial charge in [-0.05, 0) is 31.0 Å². The van der Waals surface area contributed by atoms with Crippen LogP contribution < -0.4 is 0 Å². The van der Waals surface area contributed by atoms with Gasteiger partial charge in [0, 0.05) is 5.56 Å². The fraction of sp³-hybridized carbons (Fsp3) is 0.438. The van der Waals surface area contributed by atoms with Crippen LogP contribution in [0.25, 0.3) is 5.57 Å². The molecule has 3 N–H and O–H groups in total. The summed E-state index contributed by atoms with van der Waals surface area (Å²) < 4.78 is 0. The Bertz CT molecular complexity index is 477. The number of carboxylic acid groups (broad SMARTS) is 1. The number of hydrogen-bond donors (Lipinski definition) is 3. The Balaban J connectivity index is 2.73. The maximum atomic E-state index is 11.3. The Morgan fingerprint density at radius 1 is 1.15 bits per heavy atom. The first-order valence-electron chi connectivity index (χ1n) is 7.02. The van der Waals surface area contributed by atoms with E-state index in [9.17, 15) is 20.1 Å². The summed E-state index contributed by atoms with van der Waals surface area (Å²) >= 11 is 0. The number of phenolic OH excluding ortho intramolecular Hbond substituents is 2. The Morgan fingerprint density at radius 2 is 1.85 bits per heavy atom. The Kier molecular flexibility index (Phi) is 6.64. The van der Waals surface area contributed by atoms with Gasteiger partial charge >= 0.3 is 5.97 Å². The Morgan fingerprint density at radius 3 is 2.50 bits per heavy atom. The number of aromatic hydroxyl groups is 2. The second-order valence-corrected chi connectivity index (χ2v) is 4.83. The van der Waals surface area contributed by atoms with Crippen molar-refractivity contribution in [3.05, 3.63) is 29.8 Å². The van der Waals surface area contributed by atoms with E-state index in [4.69, 9.17) is 0 Å². The molecule has 0 spiro atoms. The predicted octanol–water partition coefficient (Wildman–Crippen LogP) is 3.93. The fourth-order valence-corrected chi connectivity index (χ4v) is 2.05. The van der Waals surface area contributed by atoms with E-state index in [1.807, 2.05) is 0 Å². The lowest BCUT2D eigenvalue weighted by molar-refractivity contribution is -0.130. The number of unbranched alkanes of at least 4 members (excludes halogenated alkanes) is 5. The van der Waals surface area contributed by atoms with E-state index >= 15 is 0 Å². The summed E-state index contributed by atoms with van der Waals surface area (Å²) in [5.74, 6) is -1.30. The lowest BCUT2D eigenvalue weighted by Crippen LogP contribution is -2.00. The largest absolute Gasteiger partial charge is 0.508 e. The van der Waals surface area contributed by atoms with Crippen LogP contribution in [0, 0.1) is 0 Å². The number of aliphatic carboxylic acids is 1. The third-order valence-electron chi connectivity index (χ3n) is 3.16. The second kappa shape index (κ2) is 8.25. The summed E-state index contributed by atoms with van der Waals surface area (Å²) in [5.41, 5.74) is 0.194. The van der Waals surface area contributed by atoms with Crippen LogP contribution in [0.1, 0.15) is 51.0 Å². The minimum Gasteiger partial charge on any atom is -0.508 e. The zero-order chi connectivity index (χ0) is 15.0. The number of carboxylic acids is 1. The monoisotopic (exact) mass is 278 g/mol. The van der Waals surface area contributed by atoms with Crippen LogP contribution in [0.15, 0.2) is 24.3 Å². The fourth-order valence-electron chi connectivity index (χ4n) is 2.05. The molecule has 4 nitrogen and oxygen atoms in total. The molecule has 20 heavy (non-hydrogen) atoms. The maximum absolute atomic E-state index is 11.3. The van der Waals surface area contributed by atoms with Crippen LogP contribution in [-0.2, 0) is 4.79 Å². The van der Waals surface area contributed by atoms with Crippen LogP contribution in [0.4, 0.5) is 0 Å². The summed E-state index contributed by atoms with van der Waals surface area (Å²) in [4.78, 5) is 11.3. The van der Waals surface area contributed by atoms with Gasteiger partial charge < -0.3 is 15.3 Å². The highest BCUT2D eigenvalue weighted by Crippen LogP contribution is 2.29. The molecule has 1 rings (SSSR count). The van der Waals surface area contributed by atoms with E-state index in [2.05, 4.69) is 6.92 Å². The van der Waals surface area contributed by atoms with E-state index in [0.29, 0.717) is 6.42 Å². The van der Waals surface area contributed by atoms with Crippen LogP contribution in [-0.4, -0.2) is 21.3 Å². The van der Waals surface area contributed by atoms with Crippen LogP contribution in [0.2, 0.25) is 0 Å². The first-order valence-corrected chi connectivity index (χ1v) is 7.02. The van der Waals surface area contributed by atoms with Crippen LogP contribution in [0.3, 0.4) is 0 Å². The summed E-state index contributed by atoms with van der Waals surface area (Å²) in [6.07, 6.45) is 7.79. The molecule has 0 aliphatic carbocycles. The SMILES string of the molecule is CCCCCCC/C=C(/C(=O)O)c1cc(O)ccc1O. The maximum Gasteiger partial charge on any atom is 0.336 e. The summed E-state index contributed by atoms with van der Waals surface area (Å²) in [6.45, 7) is 2.15. The van der Waals surface area contributed by atoms with Gasteiger partial charge in [0.25, 0.3) is 0 Å². The van der Waals surface area contributed by atoms with Gasteiger partial charge in [-0.15, -0.1) is 0 Å². The molecule has 0 radical (unpaired) electrons. The quantitative estimate of drug-likeness (QED) is 0.382. The zero-order valence-corrected chi connectivity index (χ0v) is 11.8. The highest BCUT2D eigenvalue weighted by molar-refractivity contribution is 6.16. The molecule has 0 unspecified atom stereocenters. The second-order valence-electron chi connectivity index (χ2n) is 4.83. The molecule has 0 saturated carbocycles. The highest BCUT2D eigenvalue weighted by Gasteiger charge is 2.14. The summed E-state index contributed by atoms with van der Waals surface area (Å²) in [5, 5.41) is 28.3. The molecule has 0 heterocycles. The molecule has 110 valence electrons. The molecule has 0 aliphatic heterocycles. The van der Waals surface area contributed by atoms with Gasteiger partial charge in [0.2, 0.25) is 0 Å². The van der Waals surface area contributed by atoms with Gasteiger partial charge in [-0.2, -0.15) is 0 Å². The van der Waals surface area contributed by atoms with Crippen molar-refractivity contribution in [1.82, 2.24) is 0 Å². The molecule has 0 bridgehead atoms. The standard InChI is InChI=1S/C16H22O4/c1-2-3-4-5-6-7-8-13(16(19)20)14-11-12(17)9-10-15(14)18/h8-11,17-18H,2-7H2,1H3,(H,19,20)/b13-8+. The highest BCUT2D eigenvalue weighted by atomic mass is 16.4. The van der Waals surface area contributed by atoms with Crippen molar-refractivity contribution in [2.75, 3.05) is 0 Å². The molecule has 0 atom stereocenters. The lowest BCUT2D eigenvalue weighted by atomic mass is 10.0. The number of hydrogen-bond acceptors (Lipinski definition) is 3. The normalized spacial score (nSPS) is 11.6. The van der Waals surface area contributed by atoms with Gasteiger partial charge in [0.1, 0.15) is 11.5 Å². The van der Waals surface area contributed by atoms with E-state index in [1.165, 1.54) is 31.0 Å². The Hall–Kier alpha value is -1.97. The van der Waals surface area contributed by atoms with E-state index in [1.54, 1.807) is 6.08 Å². The smallest absolute Gasteiger partial charge is 0.336 e. The van der Waals surface area contributed by atoms with Gasteiger partial charge in [-0.1, -0.05) is 38.7 Å². The van der Waals surface area contributed by atoms with E-state index < -0.39 is 5.97 Å². The van der Waals surface area contributed by atoms with Crippen molar-refractivity contribution >= 4 is 11.5 Å². The minimum absolute atomic E-state index is 0.0360. The average Bonchev–Trinajstić information content (AvgIpc) is 2.41. The molecule has 1 aromatic rings. The topological polar surface area (TPSA) is 77.8 Å². The molecule has 0 aromatic heterocycles. The third-order valence-corrected chi connectivity index (χ3v) is 3.16. The average molecular weight is 278 g/mol. The summed E-state index contributed by atoms with van der Waals surface area (Å²) in [7, 11) is 0.